The maximum Gasteiger partial charge on any atom is 0.232 e. The Kier molecular flexibility index (Phi) is 7.64. The van der Waals surface area contributed by atoms with Crippen LogP contribution < -0.4 is 15.5 Å². The highest BCUT2D eigenvalue weighted by atomic mass is 35.5. The van der Waals surface area contributed by atoms with Crippen LogP contribution in [0, 0.1) is 11.3 Å². The first-order valence-electron chi connectivity index (χ1n) is 9.56. The monoisotopic (exact) mass is 449 g/mol. The zero-order valence-electron chi connectivity index (χ0n) is 15.9. The fourth-order valence-electron chi connectivity index (χ4n) is 4.70. The van der Waals surface area contributed by atoms with Crippen molar-refractivity contribution in [3.8, 4) is 0 Å². The fraction of sp³-hybridized carbons (Fsp3) is 0.632. The molecule has 2 heterocycles. The van der Waals surface area contributed by atoms with Crippen LogP contribution in [0.1, 0.15) is 25.7 Å². The standard InChI is InChI=1S/C19H27N3O3S.2ClH/c23-18(19-7-2-1-4-15(19)13-20-14-19)21-16-5-3-6-17(12-16)22-8-10-26(24,25)11-9-22;;/h3,5-6,12,15,20H,1-2,4,7-11,13-14H2,(H,21,23);2*1H/t15-,19+;;/m0../s1. The summed E-state index contributed by atoms with van der Waals surface area (Å²) in [6.07, 6.45) is 4.42. The van der Waals surface area contributed by atoms with Gasteiger partial charge in [-0.2, -0.15) is 0 Å². The van der Waals surface area contributed by atoms with Crippen LogP contribution >= 0.6 is 24.8 Å². The number of benzene rings is 1. The predicted octanol–water partition coefficient (Wildman–Crippen LogP) is 2.48. The van der Waals surface area contributed by atoms with Crippen molar-refractivity contribution in [2.45, 2.75) is 25.7 Å². The molecular formula is C19H29Cl2N3O3S. The average molecular weight is 450 g/mol. The minimum absolute atomic E-state index is 0. The van der Waals surface area contributed by atoms with E-state index in [1.165, 1.54) is 6.42 Å². The van der Waals surface area contributed by atoms with Gasteiger partial charge in [0.2, 0.25) is 5.91 Å². The number of sulfone groups is 1. The molecule has 3 aliphatic rings. The Hall–Kier alpha value is -1.02. The third-order valence-electron chi connectivity index (χ3n) is 6.30. The molecule has 0 aromatic heterocycles. The maximum atomic E-state index is 13.1. The lowest BCUT2D eigenvalue weighted by Gasteiger charge is -2.37. The molecule has 1 aliphatic carbocycles. The maximum absolute atomic E-state index is 13.1. The highest BCUT2D eigenvalue weighted by molar-refractivity contribution is 7.91. The lowest BCUT2D eigenvalue weighted by Crippen LogP contribution is -2.44. The van der Waals surface area contributed by atoms with Crippen LogP contribution in [0.3, 0.4) is 0 Å². The number of anilines is 2. The van der Waals surface area contributed by atoms with Crippen molar-refractivity contribution >= 4 is 51.9 Å². The third-order valence-corrected chi connectivity index (χ3v) is 7.91. The Morgan fingerprint density at radius 2 is 1.93 bits per heavy atom. The number of fused-ring (bicyclic) bond motifs is 1. The van der Waals surface area contributed by atoms with E-state index in [0.29, 0.717) is 19.0 Å². The van der Waals surface area contributed by atoms with E-state index in [1.807, 2.05) is 24.3 Å². The Morgan fingerprint density at radius 1 is 1.18 bits per heavy atom. The van der Waals surface area contributed by atoms with E-state index in [2.05, 4.69) is 15.5 Å². The Morgan fingerprint density at radius 3 is 2.68 bits per heavy atom. The molecular weight excluding hydrogens is 421 g/mol. The zero-order valence-corrected chi connectivity index (χ0v) is 18.3. The molecule has 28 heavy (non-hydrogen) atoms. The van der Waals surface area contributed by atoms with Crippen molar-refractivity contribution in [1.82, 2.24) is 5.32 Å². The second-order valence-corrected chi connectivity index (χ2v) is 10.2. The number of amides is 1. The molecule has 1 aromatic carbocycles. The van der Waals surface area contributed by atoms with Crippen LogP contribution in [0.5, 0.6) is 0 Å². The first kappa shape index (κ1) is 23.3. The van der Waals surface area contributed by atoms with Crippen LogP contribution in [0.15, 0.2) is 24.3 Å². The highest BCUT2D eigenvalue weighted by Gasteiger charge is 2.49. The third kappa shape index (κ3) is 4.58. The molecule has 4 rings (SSSR count). The number of rotatable bonds is 3. The molecule has 0 bridgehead atoms. The summed E-state index contributed by atoms with van der Waals surface area (Å²) in [4.78, 5) is 15.2. The van der Waals surface area contributed by atoms with Gasteiger partial charge in [0.25, 0.3) is 0 Å². The molecule has 2 aliphatic heterocycles. The molecule has 9 heteroatoms. The van der Waals surface area contributed by atoms with E-state index in [-0.39, 0.29) is 47.6 Å². The molecule has 2 N–H and O–H groups in total. The van der Waals surface area contributed by atoms with E-state index in [4.69, 9.17) is 0 Å². The van der Waals surface area contributed by atoms with Gasteiger partial charge in [-0.1, -0.05) is 18.9 Å². The van der Waals surface area contributed by atoms with Crippen LogP contribution in [-0.2, 0) is 14.6 Å². The molecule has 0 radical (unpaired) electrons. The number of nitrogens with one attached hydrogen (secondary N) is 2. The van der Waals surface area contributed by atoms with Crippen LogP contribution in [0.2, 0.25) is 0 Å². The summed E-state index contributed by atoms with van der Waals surface area (Å²) in [6, 6.07) is 7.79. The number of nitrogens with zero attached hydrogens (tertiary/aromatic N) is 1. The number of carbonyl (C=O) groups is 1. The summed E-state index contributed by atoms with van der Waals surface area (Å²) in [6.45, 7) is 2.73. The van der Waals surface area contributed by atoms with E-state index in [9.17, 15) is 13.2 Å². The minimum atomic E-state index is -2.90. The van der Waals surface area contributed by atoms with Crippen LogP contribution in [0.25, 0.3) is 0 Å². The molecule has 1 aromatic rings. The molecule has 6 nitrogen and oxygen atoms in total. The Bertz CT molecular complexity index is 791. The summed E-state index contributed by atoms with van der Waals surface area (Å²) >= 11 is 0. The van der Waals surface area contributed by atoms with Gasteiger partial charge in [-0.3, -0.25) is 4.79 Å². The van der Waals surface area contributed by atoms with E-state index < -0.39 is 9.84 Å². The van der Waals surface area contributed by atoms with Gasteiger partial charge in [-0.05, 0) is 43.5 Å². The summed E-state index contributed by atoms with van der Waals surface area (Å²) in [7, 11) is -2.90. The van der Waals surface area contributed by atoms with Gasteiger partial charge in [0.15, 0.2) is 9.84 Å². The van der Waals surface area contributed by atoms with E-state index >= 15 is 0 Å². The second kappa shape index (κ2) is 9.20. The van der Waals surface area contributed by atoms with Crippen molar-refractivity contribution in [2.24, 2.45) is 11.3 Å². The van der Waals surface area contributed by atoms with Crippen molar-refractivity contribution in [1.29, 1.82) is 0 Å². The number of halogens is 2. The summed E-state index contributed by atoms with van der Waals surface area (Å²) in [5.41, 5.74) is 1.50. The molecule has 2 saturated heterocycles. The Labute approximate surface area is 179 Å². The fourth-order valence-corrected chi connectivity index (χ4v) is 5.90. The van der Waals surface area contributed by atoms with Crippen molar-refractivity contribution < 1.29 is 13.2 Å². The van der Waals surface area contributed by atoms with E-state index in [1.54, 1.807) is 0 Å². The summed E-state index contributed by atoms with van der Waals surface area (Å²) < 4.78 is 23.3. The summed E-state index contributed by atoms with van der Waals surface area (Å²) in [5, 5.41) is 6.56. The Balaban J connectivity index is 0.00000140. The van der Waals surface area contributed by atoms with Gasteiger partial charge in [0.05, 0.1) is 16.9 Å². The smallest absolute Gasteiger partial charge is 0.232 e. The van der Waals surface area contributed by atoms with E-state index in [0.717, 1.165) is 43.7 Å². The number of hydrogen-bond donors (Lipinski definition) is 2. The van der Waals surface area contributed by atoms with Gasteiger partial charge in [0.1, 0.15) is 0 Å². The number of hydrogen-bond acceptors (Lipinski definition) is 5. The van der Waals surface area contributed by atoms with Gasteiger partial charge < -0.3 is 15.5 Å². The van der Waals surface area contributed by atoms with Gasteiger partial charge in [-0.25, -0.2) is 8.42 Å². The lowest BCUT2D eigenvalue weighted by atomic mass is 9.67. The first-order valence-corrected chi connectivity index (χ1v) is 11.4. The predicted molar refractivity (Wildman–Crippen MR) is 118 cm³/mol. The minimum Gasteiger partial charge on any atom is -0.369 e. The number of carbonyl (C=O) groups excluding carboxylic acids is 1. The van der Waals surface area contributed by atoms with Gasteiger partial charge in [-0.15, -0.1) is 24.8 Å². The molecule has 1 saturated carbocycles. The molecule has 0 unspecified atom stereocenters. The summed E-state index contributed by atoms with van der Waals surface area (Å²) in [5.74, 6) is 0.956. The zero-order chi connectivity index (χ0) is 18.2. The van der Waals surface area contributed by atoms with Crippen LogP contribution in [0.4, 0.5) is 11.4 Å². The SMILES string of the molecule is Cl.Cl.O=C(Nc1cccc(N2CCS(=O)(=O)CC2)c1)[C@@]12CCCC[C@H]1CNC2. The van der Waals surface area contributed by atoms with Crippen molar-refractivity contribution in [3.63, 3.8) is 0 Å². The normalized spacial score (nSPS) is 28.4. The average Bonchev–Trinajstić information content (AvgIpc) is 3.07. The van der Waals surface area contributed by atoms with Crippen molar-refractivity contribution in [2.75, 3.05) is 47.9 Å². The lowest BCUT2D eigenvalue weighted by molar-refractivity contribution is -0.128. The van der Waals surface area contributed by atoms with Crippen molar-refractivity contribution in [3.05, 3.63) is 24.3 Å². The van der Waals surface area contributed by atoms with Gasteiger partial charge in [0, 0.05) is 31.0 Å². The molecule has 3 fully saturated rings. The molecule has 1 amide bonds. The largest absolute Gasteiger partial charge is 0.369 e. The highest BCUT2D eigenvalue weighted by Crippen LogP contribution is 2.44. The quantitative estimate of drug-likeness (QED) is 0.740. The van der Waals surface area contributed by atoms with Crippen LogP contribution in [-0.4, -0.2) is 52.0 Å². The molecule has 0 spiro atoms. The van der Waals surface area contributed by atoms with Gasteiger partial charge >= 0.3 is 0 Å². The first-order chi connectivity index (χ1) is 12.5. The molecule has 158 valence electrons. The topological polar surface area (TPSA) is 78.5 Å². The second-order valence-electron chi connectivity index (χ2n) is 7.87. The molecule has 2 atom stereocenters.